The third-order valence-electron chi connectivity index (χ3n) is 3.60. The van der Waals surface area contributed by atoms with E-state index in [1.54, 1.807) is 0 Å². The van der Waals surface area contributed by atoms with Gasteiger partial charge in [-0.3, -0.25) is 9.59 Å². The highest BCUT2D eigenvalue weighted by Crippen LogP contribution is 2.26. The van der Waals surface area contributed by atoms with E-state index in [1.165, 1.54) is 18.2 Å². The van der Waals surface area contributed by atoms with E-state index in [-0.39, 0.29) is 15.6 Å². The Morgan fingerprint density at radius 3 is 2.50 bits per heavy atom. The van der Waals surface area contributed by atoms with Crippen LogP contribution in [0.1, 0.15) is 19.3 Å². The van der Waals surface area contributed by atoms with E-state index in [4.69, 9.17) is 11.6 Å². The number of halogens is 1. The average Bonchev–Trinajstić information content (AvgIpc) is 2.37. The predicted octanol–water partition coefficient (Wildman–Crippen LogP) is 1.60. The number of amides is 2. The molecule has 2 rings (SSSR count). The van der Waals surface area contributed by atoms with Crippen molar-refractivity contribution in [2.24, 2.45) is 5.92 Å². The lowest BCUT2D eigenvalue weighted by molar-refractivity contribution is -0.136. The molecule has 1 aliphatic carbocycles. The Labute approximate surface area is 134 Å². The van der Waals surface area contributed by atoms with E-state index in [0.29, 0.717) is 12.5 Å². The lowest BCUT2D eigenvalue weighted by atomic mass is 9.85. The van der Waals surface area contributed by atoms with E-state index < -0.39 is 21.7 Å². The zero-order valence-corrected chi connectivity index (χ0v) is 13.6. The minimum absolute atomic E-state index is 0.0158. The normalized spacial score (nSPS) is 15.0. The summed E-state index contributed by atoms with van der Waals surface area (Å²) in [5.41, 5.74) is 0.0911. The molecule has 6 nitrogen and oxygen atoms in total. The van der Waals surface area contributed by atoms with Crippen molar-refractivity contribution in [1.82, 2.24) is 5.32 Å². The van der Waals surface area contributed by atoms with Crippen molar-refractivity contribution < 1.29 is 18.0 Å². The van der Waals surface area contributed by atoms with Crippen LogP contribution >= 0.6 is 11.6 Å². The highest BCUT2D eigenvalue weighted by molar-refractivity contribution is 7.90. The monoisotopic (exact) mass is 344 g/mol. The average molecular weight is 345 g/mol. The largest absolute Gasteiger partial charge is 0.348 e. The standard InChI is InChI=1S/C14H17ClN2O4S/c1-22(20,21)10-5-6-11(15)12(7-10)17-14(19)13(18)16-8-9-3-2-4-9/h5-7,9H,2-4,8H2,1H3,(H,16,18)(H,17,19). The van der Waals surface area contributed by atoms with Crippen molar-refractivity contribution in [1.29, 1.82) is 0 Å². The summed E-state index contributed by atoms with van der Waals surface area (Å²) in [4.78, 5) is 23.5. The Bertz CT molecular complexity index is 699. The van der Waals surface area contributed by atoms with Crippen molar-refractivity contribution in [3.8, 4) is 0 Å². The van der Waals surface area contributed by atoms with Crippen molar-refractivity contribution in [3.05, 3.63) is 23.2 Å². The van der Waals surface area contributed by atoms with Crippen molar-refractivity contribution in [3.63, 3.8) is 0 Å². The van der Waals surface area contributed by atoms with E-state index in [2.05, 4.69) is 10.6 Å². The van der Waals surface area contributed by atoms with Crippen LogP contribution in [0.25, 0.3) is 0 Å². The Hall–Kier alpha value is -1.60. The lowest BCUT2D eigenvalue weighted by Gasteiger charge is -2.25. The molecule has 0 aliphatic heterocycles. The summed E-state index contributed by atoms with van der Waals surface area (Å²) >= 11 is 5.91. The first kappa shape index (κ1) is 16.8. The summed E-state index contributed by atoms with van der Waals surface area (Å²) in [5.74, 6) is -1.19. The van der Waals surface area contributed by atoms with Gasteiger partial charge in [0.15, 0.2) is 9.84 Å². The van der Waals surface area contributed by atoms with E-state index in [0.717, 1.165) is 25.5 Å². The van der Waals surface area contributed by atoms with Crippen LogP contribution in [0, 0.1) is 5.92 Å². The molecule has 22 heavy (non-hydrogen) atoms. The fourth-order valence-electron chi connectivity index (χ4n) is 2.02. The molecule has 0 radical (unpaired) electrons. The Morgan fingerprint density at radius 2 is 1.95 bits per heavy atom. The number of rotatable bonds is 4. The van der Waals surface area contributed by atoms with Crippen LogP contribution in [-0.4, -0.2) is 33.0 Å². The van der Waals surface area contributed by atoms with E-state index in [9.17, 15) is 18.0 Å². The fraction of sp³-hybridized carbons (Fsp3) is 0.429. The van der Waals surface area contributed by atoms with Gasteiger partial charge >= 0.3 is 11.8 Å². The van der Waals surface area contributed by atoms with Crippen molar-refractivity contribution >= 4 is 38.9 Å². The second-order valence-electron chi connectivity index (χ2n) is 5.37. The van der Waals surface area contributed by atoms with E-state index in [1.807, 2.05) is 0 Å². The molecule has 0 unspecified atom stereocenters. The second-order valence-corrected chi connectivity index (χ2v) is 7.80. The van der Waals surface area contributed by atoms with Crippen LogP contribution in [0.2, 0.25) is 5.02 Å². The van der Waals surface area contributed by atoms with E-state index >= 15 is 0 Å². The molecule has 1 fully saturated rings. The van der Waals surface area contributed by atoms with Crippen LogP contribution < -0.4 is 10.6 Å². The first-order chi connectivity index (χ1) is 10.3. The zero-order valence-electron chi connectivity index (χ0n) is 12.1. The summed E-state index contributed by atoms with van der Waals surface area (Å²) in [6.07, 6.45) is 4.32. The maximum Gasteiger partial charge on any atom is 0.313 e. The summed E-state index contributed by atoms with van der Waals surface area (Å²) in [7, 11) is -3.43. The van der Waals surface area contributed by atoms with Gasteiger partial charge in [-0.15, -0.1) is 0 Å². The lowest BCUT2D eigenvalue weighted by Crippen LogP contribution is -2.39. The fourth-order valence-corrected chi connectivity index (χ4v) is 2.84. The van der Waals surface area contributed by atoms with Crippen LogP contribution in [0.3, 0.4) is 0 Å². The number of hydrogen-bond acceptors (Lipinski definition) is 4. The summed E-state index contributed by atoms with van der Waals surface area (Å²) in [5, 5.41) is 5.05. The number of benzene rings is 1. The smallest absolute Gasteiger partial charge is 0.313 e. The van der Waals surface area contributed by atoms with Gasteiger partial charge < -0.3 is 10.6 Å². The number of nitrogens with one attached hydrogen (secondary N) is 2. The molecule has 120 valence electrons. The minimum Gasteiger partial charge on any atom is -0.348 e. The Balaban J connectivity index is 2.02. The van der Waals surface area contributed by atoms with Gasteiger partial charge in [0.05, 0.1) is 15.6 Å². The van der Waals surface area contributed by atoms with Crippen LogP contribution in [-0.2, 0) is 19.4 Å². The molecule has 0 spiro atoms. The number of carbonyl (C=O) groups excluding carboxylic acids is 2. The highest BCUT2D eigenvalue weighted by atomic mass is 35.5. The number of carbonyl (C=O) groups is 2. The maximum absolute atomic E-state index is 11.8. The van der Waals surface area contributed by atoms with Crippen molar-refractivity contribution in [2.45, 2.75) is 24.2 Å². The molecule has 1 aliphatic rings. The van der Waals surface area contributed by atoms with Gasteiger partial charge in [0.25, 0.3) is 0 Å². The quantitative estimate of drug-likeness (QED) is 0.811. The molecule has 2 amide bonds. The molecule has 0 atom stereocenters. The molecule has 0 saturated heterocycles. The van der Waals surface area contributed by atoms with Gasteiger partial charge in [-0.1, -0.05) is 18.0 Å². The third kappa shape index (κ3) is 4.20. The Kier molecular flexibility index (Phi) is 5.08. The van der Waals surface area contributed by atoms with Gasteiger partial charge in [-0.05, 0) is 37.0 Å². The molecule has 0 bridgehead atoms. The Morgan fingerprint density at radius 1 is 1.27 bits per heavy atom. The first-order valence-electron chi connectivity index (χ1n) is 6.86. The maximum atomic E-state index is 11.8. The predicted molar refractivity (Wildman–Crippen MR) is 83.5 cm³/mol. The van der Waals surface area contributed by atoms with Crippen molar-refractivity contribution in [2.75, 3.05) is 18.1 Å². The molecule has 0 aromatic heterocycles. The van der Waals surface area contributed by atoms with Gasteiger partial charge in [0, 0.05) is 12.8 Å². The molecule has 8 heteroatoms. The number of sulfone groups is 1. The highest BCUT2D eigenvalue weighted by Gasteiger charge is 2.21. The van der Waals surface area contributed by atoms with Crippen LogP contribution in [0.4, 0.5) is 5.69 Å². The molecule has 1 aromatic carbocycles. The van der Waals surface area contributed by atoms with Crippen LogP contribution in [0.15, 0.2) is 23.1 Å². The molecule has 2 N–H and O–H groups in total. The van der Waals surface area contributed by atoms with Gasteiger partial charge in [0.1, 0.15) is 0 Å². The summed E-state index contributed by atoms with van der Waals surface area (Å²) in [6, 6.07) is 3.93. The summed E-state index contributed by atoms with van der Waals surface area (Å²) in [6.45, 7) is 0.476. The molecular formula is C14H17ClN2O4S. The minimum atomic E-state index is -3.43. The van der Waals surface area contributed by atoms with Crippen LogP contribution in [0.5, 0.6) is 0 Å². The van der Waals surface area contributed by atoms with Gasteiger partial charge in [0.2, 0.25) is 0 Å². The first-order valence-corrected chi connectivity index (χ1v) is 9.13. The SMILES string of the molecule is CS(=O)(=O)c1ccc(Cl)c(NC(=O)C(=O)NCC2CCC2)c1. The summed E-state index contributed by atoms with van der Waals surface area (Å²) < 4.78 is 23.0. The van der Waals surface area contributed by atoms with Gasteiger partial charge in [-0.25, -0.2) is 8.42 Å². The van der Waals surface area contributed by atoms with Gasteiger partial charge in [-0.2, -0.15) is 0 Å². The molecule has 1 saturated carbocycles. The second kappa shape index (κ2) is 6.66. The molecular weight excluding hydrogens is 328 g/mol. The number of hydrogen-bond donors (Lipinski definition) is 2. The zero-order chi connectivity index (χ0) is 16.3. The molecule has 1 aromatic rings. The number of anilines is 1. The topological polar surface area (TPSA) is 92.3 Å². The molecule has 0 heterocycles. The third-order valence-corrected chi connectivity index (χ3v) is 5.04.